The van der Waals surface area contributed by atoms with Crippen LogP contribution >= 0.6 is 0 Å². The van der Waals surface area contributed by atoms with E-state index in [4.69, 9.17) is 0 Å². The summed E-state index contributed by atoms with van der Waals surface area (Å²) in [6.45, 7) is 4.45. The second kappa shape index (κ2) is 5.05. The summed E-state index contributed by atoms with van der Waals surface area (Å²) < 4.78 is 0. The van der Waals surface area contributed by atoms with E-state index in [0.29, 0.717) is 17.6 Å². The van der Waals surface area contributed by atoms with Crippen molar-refractivity contribution in [2.45, 2.75) is 19.8 Å². The molecule has 0 radical (unpaired) electrons. The van der Waals surface area contributed by atoms with E-state index in [1.807, 2.05) is 18.2 Å². The van der Waals surface area contributed by atoms with E-state index in [9.17, 15) is 5.11 Å². The minimum absolute atomic E-state index is 0.323. The molecule has 0 spiro atoms. The first-order valence-electron chi connectivity index (χ1n) is 6.02. The van der Waals surface area contributed by atoms with Gasteiger partial charge in [0.2, 0.25) is 0 Å². The number of hydrogen-bond donors (Lipinski definition) is 1. The predicted molar refractivity (Wildman–Crippen MR) is 71.2 cm³/mol. The van der Waals surface area contributed by atoms with Gasteiger partial charge in [-0.25, -0.2) is 0 Å². The van der Waals surface area contributed by atoms with Crippen LogP contribution in [0.3, 0.4) is 0 Å². The molecule has 1 atom stereocenters. The Hall–Kier alpha value is -1.76. The van der Waals surface area contributed by atoms with Gasteiger partial charge >= 0.3 is 0 Å². The molecule has 1 nitrogen and oxygen atoms in total. The van der Waals surface area contributed by atoms with Crippen LogP contribution in [-0.4, -0.2) is 5.11 Å². The van der Waals surface area contributed by atoms with Gasteiger partial charge in [0.1, 0.15) is 5.75 Å². The van der Waals surface area contributed by atoms with Crippen LogP contribution in [0.5, 0.6) is 5.75 Å². The predicted octanol–water partition coefficient (Wildman–Crippen LogP) is 4.18. The van der Waals surface area contributed by atoms with Crippen molar-refractivity contribution in [1.29, 1.82) is 0 Å². The smallest absolute Gasteiger partial charge is 0.115 e. The largest absolute Gasteiger partial charge is 0.508 e. The number of aromatic hydroxyl groups is 1. The van der Waals surface area contributed by atoms with E-state index in [2.05, 4.69) is 38.1 Å². The topological polar surface area (TPSA) is 20.2 Å². The summed E-state index contributed by atoms with van der Waals surface area (Å²) in [7, 11) is 0. The maximum absolute atomic E-state index is 9.35. The van der Waals surface area contributed by atoms with Gasteiger partial charge in [-0.3, -0.25) is 0 Å². The van der Waals surface area contributed by atoms with Crippen molar-refractivity contribution >= 4 is 0 Å². The highest BCUT2D eigenvalue weighted by Crippen LogP contribution is 2.32. The molecule has 2 aromatic carbocycles. The van der Waals surface area contributed by atoms with Crippen molar-refractivity contribution in [1.82, 2.24) is 0 Å². The second-order valence-electron chi connectivity index (χ2n) is 4.72. The Morgan fingerprint density at radius 1 is 0.765 bits per heavy atom. The summed E-state index contributed by atoms with van der Waals surface area (Å²) in [6.07, 6.45) is 0. The van der Waals surface area contributed by atoms with Gasteiger partial charge in [0.05, 0.1) is 0 Å². The fourth-order valence-corrected chi connectivity index (χ4v) is 2.30. The number of hydrogen-bond acceptors (Lipinski definition) is 1. The zero-order valence-corrected chi connectivity index (χ0v) is 10.3. The highest BCUT2D eigenvalue weighted by atomic mass is 16.3. The molecule has 0 aliphatic heterocycles. The van der Waals surface area contributed by atoms with E-state index in [0.717, 1.165) is 0 Å². The van der Waals surface area contributed by atoms with Gasteiger partial charge in [0.15, 0.2) is 0 Å². The van der Waals surface area contributed by atoms with Crippen LogP contribution in [-0.2, 0) is 0 Å². The lowest BCUT2D eigenvalue weighted by atomic mass is 9.83. The Morgan fingerprint density at radius 2 is 1.29 bits per heavy atom. The quantitative estimate of drug-likeness (QED) is 0.832. The summed E-state index contributed by atoms with van der Waals surface area (Å²) in [5.41, 5.74) is 2.58. The molecule has 0 aliphatic carbocycles. The van der Waals surface area contributed by atoms with Gasteiger partial charge in [-0.1, -0.05) is 56.3 Å². The van der Waals surface area contributed by atoms with Crippen LogP contribution in [0.4, 0.5) is 0 Å². The van der Waals surface area contributed by atoms with Crippen LogP contribution in [0.25, 0.3) is 0 Å². The molecular formula is C16H18O. The summed E-state index contributed by atoms with van der Waals surface area (Å²) in [6, 6.07) is 18.0. The van der Waals surface area contributed by atoms with E-state index < -0.39 is 0 Å². The highest BCUT2D eigenvalue weighted by molar-refractivity contribution is 5.35. The minimum Gasteiger partial charge on any atom is -0.508 e. The van der Waals surface area contributed by atoms with Gasteiger partial charge < -0.3 is 5.11 Å². The standard InChI is InChI=1S/C16H18O/c1-12(2)16(13-6-4-3-5-7-13)14-8-10-15(17)11-9-14/h3-12,16-17H,1-2H3. The molecule has 0 fully saturated rings. The third-order valence-corrected chi connectivity index (χ3v) is 3.08. The summed E-state index contributed by atoms with van der Waals surface area (Å²) in [5, 5.41) is 9.35. The van der Waals surface area contributed by atoms with Crippen LogP contribution in [0.1, 0.15) is 30.9 Å². The van der Waals surface area contributed by atoms with E-state index >= 15 is 0 Å². The molecule has 0 heterocycles. The Kier molecular flexibility index (Phi) is 3.48. The van der Waals surface area contributed by atoms with Gasteiger partial charge in [0, 0.05) is 5.92 Å². The van der Waals surface area contributed by atoms with Gasteiger partial charge in [-0.2, -0.15) is 0 Å². The third-order valence-electron chi connectivity index (χ3n) is 3.08. The molecule has 2 rings (SSSR count). The molecule has 0 aliphatic rings. The zero-order chi connectivity index (χ0) is 12.3. The fraction of sp³-hybridized carbons (Fsp3) is 0.250. The molecule has 2 aromatic rings. The fourth-order valence-electron chi connectivity index (χ4n) is 2.30. The SMILES string of the molecule is CC(C)C(c1ccccc1)c1ccc(O)cc1. The number of benzene rings is 2. The first-order valence-corrected chi connectivity index (χ1v) is 6.02. The number of phenols is 1. The highest BCUT2D eigenvalue weighted by Gasteiger charge is 2.17. The van der Waals surface area contributed by atoms with Crippen molar-refractivity contribution in [2.75, 3.05) is 0 Å². The van der Waals surface area contributed by atoms with Gasteiger partial charge in [-0.05, 0) is 29.2 Å². The van der Waals surface area contributed by atoms with Crippen molar-refractivity contribution in [3.05, 3.63) is 65.7 Å². The van der Waals surface area contributed by atoms with Crippen LogP contribution in [0.2, 0.25) is 0 Å². The Balaban J connectivity index is 2.39. The van der Waals surface area contributed by atoms with Crippen LogP contribution < -0.4 is 0 Å². The molecule has 0 amide bonds. The molecule has 0 bridgehead atoms. The lowest BCUT2D eigenvalue weighted by molar-refractivity contribution is 0.474. The van der Waals surface area contributed by atoms with Crippen LogP contribution in [0, 0.1) is 5.92 Å². The van der Waals surface area contributed by atoms with Gasteiger partial charge in [-0.15, -0.1) is 0 Å². The second-order valence-corrected chi connectivity index (χ2v) is 4.72. The molecule has 1 heteroatoms. The molecule has 0 aromatic heterocycles. The molecule has 1 N–H and O–H groups in total. The summed E-state index contributed by atoms with van der Waals surface area (Å²) >= 11 is 0. The summed E-state index contributed by atoms with van der Waals surface area (Å²) in [5.74, 6) is 1.24. The first-order chi connectivity index (χ1) is 8.18. The summed E-state index contributed by atoms with van der Waals surface area (Å²) in [4.78, 5) is 0. The average Bonchev–Trinajstić information content (AvgIpc) is 2.33. The van der Waals surface area contributed by atoms with E-state index in [1.165, 1.54) is 11.1 Å². The third kappa shape index (κ3) is 2.68. The zero-order valence-electron chi connectivity index (χ0n) is 10.3. The van der Waals surface area contributed by atoms with Crippen molar-refractivity contribution in [3.8, 4) is 5.75 Å². The molecule has 0 saturated heterocycles. The monoisotopic (exact) mass is 226 g/mol. The molecule has 1 unspecified atom stereocenters. The maximum Gasteiger partial charge on any atom is 0.115 e. The Morgan fingerprint density at radius 3 is 1.82 bits per heavy atom. The number of rotatable bonds is 3. The van der Waals surface area contributed by atoms with Crippen molar-refractivity contribution < 1.29 is 5.11 Å². The lowest BCUT2D eigenvalue weighted by Gasteiger charge is -2.22. The van der Waals surface area contributed by atoms with Crippen molar-refractivity contribution in [3.63, 3.8) is 0 Å². The average molecular weight is 226 g/mol. The van der Waals surface area contributed by atoms with E-state index in [1.54, 1.807) is 12.1 Å². The Labute approximate surface area is 103 Å². The van der Waals surface area contributed by atoms with Gasteiger partial charge in [0.25, 0.3) is 0 Å². The molecule has 0 saturated carbocycles. The Bertz CT molecular complexity index is 457. The molecule has 88 valence electrons. The normalized spacial score (nSPS) is 12.6. The first kappa shape index (κ1) is 11.7. The molecular weight excluding hydrogens is 208 g/mol. The van der Waals surface area contributed by atoms with Crippen molar-refractivity contribution in [2.24, 2.45) is 5.92 Å². The van der Waals surface area contributed by atoms with E-state index in [-0.39, 0.29) is 0 Å². The number of phenolic OH excluding ortho intramolecular Hbond substituents is 1. The molecule has 17 heavy (non-hydrogen) atoms. The minimum atomic E-state index is 0.323. The van der Waals surface area contributed by atoms with Crippen LogP contribution in [0.15, 0.2) is 54.6 Å². The maximum atomic E-state index is 9.35. The lowest BCUT2D eigenvalue weighted by Crippen LogP contribution is -2.08.